The molecule has 0 amide bonds. The van der Waals surface area contributed by atoms with Gasteiger partial charge in [-0.15, -0.1) is 11.6 Å². The van der Waals surface area contributed by atoms with Gasteiger partial charge in [-0.25, -0.2) is 0 Å². The van der Waals surface area contributed by atoms with Crippen LogP contribution in [0.4, 0.5) is 0 Å². The van der Waals surface area contributed by atoms with E-state index in [4.69, 9.17) is 16.3 Å². The lowest BCUT2D eigenvalue weighted by Crippen LogP contribution is -2.23. The summed E-state index contributed by atoms with van der Waals surface area (Å²) in [6.07, 6.45) is 6.26. The van der Waals surface area contributed by atoms with Crippen LogP contribution in [-0.4, -0.2) is 32.2 Å². The second kappa shape index (κ2) is 8.51. The van der Waals surface area contributed by atoms with E-state index in [0.717, 1.165) is 44.5 Å². The van der Waals surface area contributed by atoms with Crippen molar-refractivity contribution < 1.29 is 4.74 Å². The summed E-state index contributed by atoms with van der Waals surface area (Å²) in [5.74, 6) is 1.57. The Morgan fingerprint density at radius 1 is 1.21 bits per heavy atom. The van der Waals surface area contributed by atoms with Crippen molar-refractivity contribution in [1.29, 1.82) is 0 Å². The fourth-order valence-corrected chi connectivity index (χ4v) is 1.94. The molecule has 0 aromatic rings. The van der Waals surface area contributed by atoms with Crippen molar-refractivity contribution in [3.8, 4) is 0 Å². The van der Waals surface area contributed by atoms with Crippen molar-refractivity contribution in [2.45, 2.75) is 32.1 Å². The lowest BCUT2D eigenvalue weighted by Gasteiger charge is -2.08. The van der Waals surface area contributed by atoms with Crippen LogP contribution in [0.5, 0.6) is 0 Å². The Balaban J connectivity index is 1.75. The van der Waals surface area contributed by atoms with Crippen molar-refractivity contribution in [2.24, 2.45) is 5.92 Å². The molecule has 0 saturated carbocycles. The summed E-state index contributed by atoms with van der Waals surface area (Å²) in [6, 6.07) is 0. The molecule has 1 heterocycles. The van der Waals surface area contributed by atoms with Gasteiger partial charge in [0.15, 0.2) is 0 Å². The normalized spacial score (nSPS) is 21.6. The van der Waals surface area contributed by atoms with Gasteiger partial charge in [0.05, 0.1) is 6.61 Å². The Morgan fingerprint density at radius 3 is 2.79 bits per heavy atom. The first-order chi connectivity index (χ1) is 6.93. The maximum absolute atomic E-state index is 5.60. The number of nitrogens with one attached hydrogen (secondary N) is 1. The van der Waals surface area contributed by atoms with Gasteiger partial charge >= 0.3 is 0 Å². The number of hydrogen-bond acceptors (Lipinski definition) is 2. The molecular weight excluding hydrogens is 198 g/mol. The van der Waals surface area contributed by atoms with E-state index in [9.17, 15) is 0 Å². The minimum Gasteiger partial charge on any atom is -0.381 e. The molecule has 0 aliphatic carbocycles. The van der Waals surface area contributed by atoms with Crippen molar-refractivity contribution in [2.75, 3.05) is 32.2 Å². The van der Waals surface area contributed by atoms with Gasteiger partial charge in [0.2, 0.25) is 0 Å². The van der Waals surface area contributed by atoms with Crippen LogP contribution in [0.15, 0.2) is 0 Å². The summed E-state index contributed by atoms with van der Waals surface area (Å²) in [6.45, 7) is 4.20. The average Bonchev–Trinajstić information content (AvgIpc) is 2.69. The minimum absolute atomic E-state index is 0.762. The first kappa shape index (κ1) is 12.3. The molecule has 1 rings (SSSR count). The number of ether oxygens (including phenoxy) is 1. The van der Waals surface area contributed by atoms with Gasteiger partial charge in [0, 0.05) is 19.0 Å². The molecule has 2 nitrogen and oxygen atoms in total. The summed E-state index contributed by atoms with van der Waals surface area (Å²) in [4.78, 5) is 0. The van der Waals surface area contributed by atoms with E-state index in [1.165, 1.54) is 25.7 Å². The van der Waals surface area contributed by atoms with Crippen LogP contribution >= 0.6 is 11.6 Å². The Morgan fingerprint density at radius 2 is 2.07 bits per heavy atom. The third-order valence-electron chi connectivity index (χ3n) is 2.69. The zero-order chi connectivity index (χ0) is 10.1. The lowest BCUT2D eigenvalue weighted by atomic mass is 10.1. The summed E-state index contributed by atoms with van der Waals surface area (Å²) in [7, 11) is 0. The third kappa shape index (κ3) is 5.84. The van der Waals surface area contributed by atoms with Crippen molar-refractivity contribution >= 4 is 11.6 Å². The summed E-state index contributed by atoms with van der Waals surface area (Å²) < 4.78 is 5.31. The second-order valence-corrected chi connectivity index (χ2v) is 4.41. The number of halogens is 1. The minimum atomic E-state index is 0.762. The van der Waals surface area contributed by atoms with Gasteiger partial charge in [-0.3, -0.25) is 0 Å². The van der Waals surface area contributed by atoms with E-state index in [-0.39, 0.29) is 0 Å². The fraction of sp³-hybridized carbons (Fsp3) is 1.00. The Hall–Kier alpha value is 0.210. The van der Waals surface area contributed by atoms with Gasteiger partial charge in [-0.1, -0.05) is 12.8 Å². The van der Waals surface area contributed by atoms with Gasteiger partial charge in [0.1, 0.15) is 0 Å². The molecule has 84 valence electrons. The molecule has 0 bridgehead atoms. The Kier molecular flexibility index (Phi) is 7.47. The first-order valence-corrected chi connectivity index (χ1v) is 6.31. The Labute approximate surface area is 92.3 Å². The van der Waals surface area contributed by atoms with Crippen molar-refractivity contribution in [3.63, 3.8) is 0 Å². The maximum Gasteiger partial charge on any atom is 0.0507 e. The van der Waals surface area contributed by atoms with E-state index >= 15 is 0 Å². The fourth-order valence-electron chi connectivity index (χ4n) is 1.75. The molecule has 0 aromatic heterocycles. The van der Waals surface area contributed by atoms with Gasteiger partial charge in [-0.05, 0) is 31.7 Å². The summed E-state index contributed by atoms with van der Waals surface area (Å²) in [5.41, 5.74) is 0. The van der Waals surface area contributed by atoms with E-state index < -0.39 is 0 Å². The molecule has 1 aliphatic heterocycles. The van der Waals surface area contributed by atoms with Crippen molar-refractivity contribution in [3.05, 3.63) is 0 Å². The summed E-state index contributed by atoms with van der Waals surface area (Å²) in [5, 5.41) is 3.49. The highest BCUT2D eigenvalue weighted by Gasteiger charge is 2.14. The molecular formula is C11H22ClNO. The Bertz CT molecular complexity index is 126. The first-order valence-electron chi connectivity index (χ1n) is 5.78. The quantitative estimate of drug-likeness (QED) is 0.500. The van der Waals surface area contributed by atoms with Crippen LogP contribution in [0.3, 0.4) is 0 Å². The van der Waals surface area contributed by atoms with E-state index in [2.05, 4.69) is 5.32 Å². The van der Waals surface area contributed by atoms with Crippen molar-refractivity contribution in [1.82, 2.24) is 5.32 Å². The lowest BCUT2D eigenvalue weighted by molar-refractivity contribution is 0.185. The molecule has 0 aromatic carbocycles. The van der Waals surface area contributed by atoms with E-state index in [1.807, 2.05) is 0 Å². The highest BCUT2D eigenvalue weighted by Crippen LogP contribution is 2.10. The number of unbranched alkanes of at least 4 members (excludes halogenated alkanes) is 3. The van der Waals surface area contributed by atoms with Gasteiger partial charge < -0.3 is 10.1 Å². The molecule has 1 aliphatic rings. The zero-order valence-electron chi connectivity index (χ0n) is 8.93. The van der Waals surface area contributed by atoms with Crippen LogP contribution in [0.2, 0.25) is 0 Å². The van der Waals surface area contributed by atoms with Gasteiger partial charge in [-0.2, -0.15) is 0 Å². The molecule has 1 saturated heterocycles. The number of hydrogen-bond donors (Lipinski definition) is 1. The standard InChI is InChI=1S/C11H22ClNO/c12-6-3-1-2-4-7-13-9-11-5-8-14-10-11/h11,13H,1-10H2. The largest absolute Gasteiger partial charge is 0.381 e. The predicted molar refractivity (Wildman–Crippen MR) is 61.0 cm³/mol. The third-order valence-corrected chi connectivity index (χ3v) is 2.96. The number of rotatable bonds is 8. The summed E-state index contributed by atoms with van der Waals surface area (Å²) >= 11 is 5.60. The monoisotopic (exact) mass is 219 g/mol. The highest BCUT2D eigenvalue weighted by atomic mass is 35.5. The molecule has 0 spiro atoms. The van der Waals surface area contributed by atoms with Crippen LogP contribution in [0.25, 0.3) is 0 Å². The SMILES string of the molecule is ClCCCCCCNCC1CCOC1. The molecule has 0 radical (unpaired) electrons. The van der Waals surface area contributed by atoms with E-state index in [1.54, 1.807) is 0 Å². The smallest absolute Gasteiger partial charge is 0.0507 e. The molecule has 1 atom stereocenters. The molecule has 1 N–H and O–H groups in total. The van der Waals surface area contributed by atoms with Gasteiger partial charge in [0.25, 0.3) is 0 Å². The van der Waals surface area contributed by atoms with Crippen LogP contribution in [-0.2, 0) is 4.74 Å². The molecule has 3 heteroatoms. The van der Waals surface area contributed by atoms with Crippen LogP contribution in [0.1, 0.15) is 32.1 Å². The molecule has 14 heavy (non-hydrogen) atoms. The zero-order valence-corrected chi connectivity index (χ0v) is 9.69. The highest BCUT2D eigenvalue weighted by molar-refractivity contribution is 6.17. The predicted octanol–water partition coefficient (Wildman–Crippen LogP) is 2.41. The van der Waals surface area contributed by atoms with Crippen LogP contribution < -0.4 is 5.32 Å². The average molecular weight is 220 g/mol. The topological polar surface area (TPSA) is 21.3 Å². The van der Waals surface area contributed by atoms with E-state index in [0.29, 0.717) is 0 Å². The molecule has 1 fully saturated rings. The van der Waals surface area contributed by atoms with Crippen LogP contribution in [0, 0.1) is 5.92 Å². The maximum atomic E-state index is 5.60. The number of alkyl halides is 1. The molecule has 1 unspecified atom stereocenters. The second-order valence-electron chi connectivity index (χ2n) is 4.04.